The molecule has 0 spiro atoms. The molecule has 11 nitrogen and oxygen atoms in total. The third kappa shape index (κ3) is 5.94. The molecule has 0 amide bonds. The Morgan fingerprint density at radius 2 is 1.86 bits per heavy atom. The lowest BCUT2D eigenvalue weighted by Crippen LogP contribution is -2.41. The Balaban J connectivity index is 2.08. The Bertz CT molecular complexity index is 1360. The van der Waals surface area contributed by atoms with E-state index in [0.717, 1.165) is 6.42 Å². The first-order valence-corrected chi connectivity index (χ1v) is 13.3. The van der Waals surface area contributed by atoms with E-state index < -0.39 is 15.4 Å². The molecule has 0 aliphatic rings. The first-order chi connectivity index (χ1) is 17.1. The lowest BCUT2D eigenvalue weighted by atomic mass is 9.93. The molecule has 0 saturated heterocycles. The van der Waals surface area contributed by atoms with Crippen LogP contribution < -0.4 is 15.0 Å². The molecular weight excluding hydrogens is 486 g/mol. The molecule has 12 heteroatoms. The Morgan fingerprint density at radius 1 is 1.17 bits per heavy atom. The van der Waals surface area contributed by atoms with Gasteiger partial charge in [0.15, 0.2) is 11.3 Å². The summed E-state index contributed by atoms with van der Waals surface area (Å²) in [6.45, 7) is 8.55. The second-order valence-electron chi connectivity index (χ2n) is 9.02. The number of nitrogens with zero attached hydrogens (tertiary/aromatic N) is 3. The van der Waals surface area contributed by atoms with Gasteiger partial charge in [-0.05, 0) is 38.5 Å². The Hall–Kier alpha value is -2.80. The van der Waals surface area contributed by atoms with Gasteiger partial charge in [0.1, 0.15) is 11.6 Å². The van der Waals surface area contributed by atoms with Gasteiger partial charge in [-0.15, -0.1) is 5.10 Å². The van der Waals surface area contributed by atoms with Crippen LogP contribution in [-0.4, -0.2) is 68.6 Å². The summed E-state index contributed by atoms with van der Waals surface area (Å²) in [5, 5.41) is 4.62. The van der Waals surface area contributed by atoms with Crippen molar-refractivity contribution in [3.05, 3.63) is 40.1 Å². The molecule has 0 fully saturated rings. The van der Waals surface area contributed by atoms with Gasteiger partial charge in [-0.25, -0.2) is 22.6 Å². The lowest BCUT2D eigenvalue weighted by molar-refractivity contribution is 0.0257. The van der Waals surface area contributed by atoms with Crippen molar-refractivity contribution in [3.63, 3.8) is 0 Å². The smallest absolute Gasteiger partial charge is 0.277 e. The summed E-state index contributed by atoms with van der Waals surface area (Å²) in [6, 6.07) is 4.47. The van der Waals surface area contributed by atoms with Gasteiger partial charge in [0.2, 0.25) is 10.0 Å². The minimum absolute atomic E-state index is 0.0106. The summed E-state index contributed by atoms with van der Waals surface area (Å²) >= 11 is 0. The van der Waals surface area contributed by atoms with E-state index in [0.29, 0.717) is 54.6 Å². The van der Waals surface area contributed by atoms with Crippen molar-refractivity contribution in [2.24, 2.45) is 5.41 Å². The number of imidazole rings is 1. The Kier molecular flexibility index (Phi) is 8.88. The maximum Gasteiger partial charge on any atom is 0.277 e. The normalized spacial score (nSPS) is 12.4. The molecule has 36 heavy (non-hydrogen) atoms. The quantitative estimate of drug-likeness (QED) is 0.350. The number of hydrogen-bond acceptors (Lipinski definition) is 8. The van der Waals surface area contributed by atoms with Gasteiger partial charge in [-0.3, -0.25) is 4.79 Å². The highest BCUT2D eigenvalue weighted by molar-refractivity contribution is 7.89. The zero-order chi connectivity index (χ0) is 26.5. The Labute approximate surface area is 211 Å². The van der Waals surface area contributed by atoms with Crippen LogP contribution in [0.2, 0.25) is 0 Å². The summed E-state index contributed by atoms with van der Waals surface area (Å²) in [5.41, 5.74) is 0.373. The highest BCUT2D eigenvalue weighted by Crippen LogP contribution is 2.30. The van der Waals surface area contributed by atoms with Crippen LogP contribution in [-0.2, 0) is 25.9 Å². The minimum atomic E-state index is -3.91. The molecule has 0 saturated carbocycles. The number of H-pyrrole nitrogens is 1. The number of aromatic nitrogens is 4. The highest BCUT2D eigenvalue weighted by atomic mass is 32.2. The number of methoxy groups -OCH3 is 2. The van der Waals surface area contributed by atoms with Gasteiger partial charge < -0.3 is 19.2 Å². The molecule has 198 valence electrons. The molecule has 1 aromatic carbocycles. The molecule has 0 radical (unpaired) electrons. The van der Waals surface area contributed by atoms with Crippen molar-refractivity contribution in [2.75, 3.05) is 40.6 Å². The number of benzene rings is 1. The number of fused-ring (bicyclic) bond motifs is 1. The van der Waals surface area contributed by atoms with Crippen LogP contribution in [0.25, 0.3) is 16.9 Å². The molecule has 0 aliphatic carbocycles. The summed E-state index contributed by atoms with van der Waals surface area (Å²) < 4.78 is 46.8. The van der Waals surface area contributed by atoms with E-state index in [1.807, 2.05) is 20.8 Å². The number of sulfonamides is 1. The molecule has 3 rings (SSSR count). The fraction of sp³-hybridized carbons (Fsp3) is 0.542. The van der Waals surface area contributed by atoms with E-state index in [1.54, 1.807) is 27.2 Å². The number of ether oxygens (including phenoxy) is 3. The van der Waals surface area contributed by atoms with Gasteiger partial charge in [0.25, 0.3) is 5.56 Å². The molecule has 2 aromatic heterocycles. The van der Waals surface area contributed by atoms with E-state index in [-0.39, 0.29) is 22.8 Å². The zero-order valence-electron chi connectivity index (χ0n) is 21.7. The van der Waals surface area contributed by atoms with Crippen molar-refractivity contribution < 1.29 is 22.6 Å². The minimum Gasteiger partial charge on any atom is -0.493 e. The number of aryl methyl sites for hydroxylation is 2. The summed E-state index contributed by atoms with van der Waals surface area (Å²) in [4.78, 5) is 20.2. The van der Waals surface area contributed by atoms with Gasteiger partial charge >= 0.3 is 0 Å². The van der Waals surface area contributed by atoms with Crippen LogP contribution in [0.5, 0.6) is 5.75 Å². The van der Waals surface area contributed by atoms with Gasteiger partial charge in [-0.2, -0.15) is 0 Å². The van der Waals surface area contributed by atoms with Crippen molar-refractivity contribution in [1.82, 2.24) is 24.3 Å². The van der Waals surface area contributed by atoms with E-state index in [4.69, 9.17) is 14.2 Å². The predicted octanol–water partition coefficient (Wildman–Crippen LogP) is 2.32. The SMILES string of the molecule is CCCc1nc(C)c2c(=O)[nH]c(-c3cc(S(=O)(=O)NCC(C)(COC)COC)ccc3OCC)nn12. The molecule has 0 atom stereocenters. The van der Waals surface area contributed by atoms with Crippen molar-refractivity contribution in [1.29, 1.82) is 0 Å². The molecule has 0 unspecified atom stereocenters. The standard InChI is InChI=1S/C24H35N5O6S/c1-7-9-20-26-16(3)21-23(30)27-22(28-29(20)21)18-12-17(10-11-19(18)35-8-2)36(31,32)25-13-24(4,14-33-5)15-34-6/h10-12,25H,7-9,13-15H2,1-6H3,(H,27,28,30). The summed E-state index contributed by atoms with van der Waals surface area (Å²) in [5.74, 6) is 1.25. The summed E-state index contributed by atoms with van der Waals surface area (Å²) in [6.07, 6.45) is 1.47. The predicted molar refractivity (Wildman–Crippen MR) is 136 cm³/mol. The number of nitrogens with one attached hydrogen (secondary N) is 2. The molecular formula is C24H35N5O6S. The van der Waals surface area contributed by atoms with E-state index in [2.05, 4.69) is 19.8 Å². The zero-order valence-corrected chi connectivity index (χ0v) is 22.5. The first kappa shape index (κ1) is 27.8. The van der Waals surface area contributed by atoms with Crippen LogP contribution in [0.3, 0.4) is 0 Å². The highest BCUT2D eigenvalue weighted by Gasteiger charge is 2.28. The van der Waals surface area contributed by atoms with Crippen LogP contribution in [0.1, 0.15) is 38.7 Å². The average Bonchev–Trinajstić information content (AvgIpc) is 3.14. The maximum absolute atomic E-state index is 13.2. The fourth-order valence-corrected chi connectivity index (χ4v) is 5.30. The molecule has 0 aliphatic heterocycles. The number of rotatable bonds is 13. The van der Waals surface area contributed by atoms with Crippen LogP contribution >= 0.6 is 0 Å². The molecule has 2 heterocycles. The third-order valence-electron chi connectivity index (χ3n) is 5.71. The molecule has 0 bridgehead atoms. The van der Waals surface area contributed by atoms with Crippen LogP contribution in [0.15, 0.2) is 27.9 Å². The monoisotopic (exact) mass is 521 g/mol. The fourth-order valence-electron chi connectivity index (χ4n) is 4.08. The van der Waals surface area contributed by atoms with Crippen LogP contribution in [0, 0.1) is 12.3 Å². The topological polar surface area (TPSA) is 137 Å². The number of hydrogen-bond donors (Lipinski definition) is 2. The Morgan fingerprint density at radius 3 is 2.47 bits per heavy atom. The lowest BCUT2D eigenvalue weighted by Gasteiger charge is -2.28. The van der Waals surface area contributed by atoms with Crippen molar-refractivity contribution in [3.8, 4) is 17.1 Å². The van der Waals surface area contributed by atoms with Gasteiger partial charge in [-0.1, -0.05) is 13.8 Å². The molecule has 2 N–H and O–H groups in total. The van der Waals surface area contributed by atoms with Crippen molar-refractivity contribution >= 4 is 15.5 Å². The van der Waals surface area contributed by atoms with Gasteiger partial charge in [0.05, 0.1) is 36.0 Å². The maximum atomic E-state index is 13.2. The van der Waals surface area contributed by atoms with Crippen molar-refractivity contribution in [2.45, 2.75) is 45.4 Å². The van der Waals surface area contributed by atoms with Gasteiger partial charge in [0, 0.05) is 32.6 Å². The second-order valence-corrected chi connectivity index (χ2v) is 10.8. The van der Waals surface area contributed by atoms with E-state index in [1.165, 1.54) is 16.6 Å². The van der Waals surface area contributed by atoms with E-state index in [9.17, 15) is 13.2 Å². The average molecular weight is 522 g/mol. The third-order valence-corrected chi connectivity index (χ3v) is 7.11. The largest absolute Gasteiger partial charge is 0.493 e. The second kappa shape index (κ2) is 11.5. The van der Waals surface area contributed by atoms with Crippen LogP contribution in [0.4, 0.5) is 0 Å². The summed E-state index contributed by atoms with van der Waals surface area (Å²) in [7, 11) is -0.803. The van der Waals surface area contributed by atoms with E-state index >= 15 is 0 Å². The first-order valence-electron chi connectivity index (χ1n) is 11.8. The molecule has 3 aromatic rings. The number of aromatic amines is 1.